The van der Waals surface area contributed by atoms with Crippen molar-refractivity contribution in [1.29, 1.82) is 0 Å². The van der Waals surface area contributed by atoms with E-state index in [0.717, 1.165) is 36.6 Å². The third kappa shape index (κ3) is 3.43. The number of rotatable bonds is 7. The van der Waals surface area contributed by atoms with E-state index in [1.807, 2.05) is 6.07 Å². The minimum Gasteiger partial charge on any atom is -0.370 e. The van der Waals surface area contributed by atoms with E-state index < -0.39 is 0 Å². The van der Waals surface area contributed by atoms with Gasteiger partial charge in [0.2, 0.25) is 0 Å². The second-order valence-corrected chi connectivity index (χ2v) is 6.29. The summed E-state index contributed by atoms with van der Waals surface area (Å²) < 4.78 is 0. The summed E-state index contributed by atoms with van der Waals surface area (Å²) in [6, 6.07) is 7.05. The van der Waals surface area contributed by atoms with Crippen molar-refractivity contribution in [1.82, 2.24) is 5.32 Å². The molecule has 1 aromatic rings. The van der Waals surface area contributed by atoms with Crippen LogP contribution < -0.4 is 10.2 Å². The summed E-state index contributed by atoms with van der Waals surface area (Å²) in [6.07, 6.45) is 5.43. The lowest BCUT2D eigenvalue weighted by atomic mass is 10.1. The summed E-state index contributed by atoms with van der Waals surface area (Å²) in [6.45, 7) is 5.37. The van der Waals surface area contributed by atoms with Crippen LogP contribution in [0, 0.1) is 5.92 Å². The van der Waals surface area contributed by atoms with Crippen molar-refractivity contribution in [3.05, 3.63) is 28.8 Å². The Kier molecular flexibility index (Phi) is 3.99. The van der Waals surface area contributed by atoms with Crippen molar-refractivity contribution in [2.75, 3.05) is 18.0 Å². The maximum absolute atomic E-state index is 6.47. The third-order valence-corrected chi connectivity index (χ3v) is 4.41. The molecule has 2 saturated carbocycles. The van der Waals surface area contributed by atoms with Crippen molar-refractivity contribution in [2.24, 2.45) is 5.92 Å². The van der Waals surface area contributed by atoms with Crippen LogP contribution >= 0.6 is 11.6 Å². The molecule has 0 aromatic heterocycles. The molecule has 19 heavy (non-hydrogen) atoms. The number of halogens is 1. The molecule has 3 heteroatoms. The van der Waals surface area contributed by atoms with Crippen molar-refractivity contribution < 1.29 is 0 Å². The number of hydrogen-bond donors (Lipinski definition) is 1. The Balaban J connectivity index is 1.78. The summed E-state index contributed by atoms with van der Waals surface area (Å²) in [5.41, 5.74) is 2.61. The zero-order chi connectivity index (χ0) is 13.2. The van der Waals surface area contributed by atoms with Crippen LogP contribution in [0.5, 0.6) is 0 Å². The molecule has 0 radical (unpaired) electrons. The fraction of sp³-hybridized carbons (Fsp3) is 0.625. The van der Waals surface area contributed by atoms with Gasteiger partial charge in [-0.05, 0) is 50.2 Å². The molecule has 104 valence electrons. The van der Waals surface area contributed by atoms with Crippen LogP contribution in [-0.2, 0) is 6.54 Å². The van der Waals surface area contributed by atoms with Gasteiger partial charge in [0.05, 0.1) is 10.7 Å². The summed E-state index contributed by atoms with van der Waals surface area (Å²) >= 11 is 6.47. The van der Waals surface area contributed by atoms with Gasteiger partial charge in [-0.2, -0.15) is 0 Å². The predicted molar refractivity (Wildman–Crippen MR) is 81.9 cm³/mol. The Bertz CT molecular complexity index is 438. The van der Waals surface area contributed by atoms with Gasteiger partial charge < -0.3 is 10.2 Å². The number of nitrogens with zero attached hydrogens (tertiary/aromatic N) is 1. The second-order valence-electron chi connectivity index (χ2n) is 5.88. The number of para-hydroxylation sites is 1. The first kappa shape index (κ1) is 13.3. The topological polar surface area (TPSA) is 15.3 Å². The highest BCUT2D eigenvalue weighted by Gasteiger charge is 2.26. The molecule has 2 nitrogen and oxygen atoms in total. The molecule has 0 amide bonds. The molecule has 2 fully saturated rings. The first-order chi connectivity index (χ1) is 9.28. The summed E-state index contributed by atoms with van der Waals surface area (Å²) in [5.74, 6) is 0.889. The minimum atomic E-state index is 0.741. The Labute approximate surface area is 121 Å². The van der Waals surface area contributed by atoms with Crippen molar-refractivity contribution >= 4 is 17.3 Å². The van der Waals surface area contributed by atoms with E-state index in [0.29, 0.717) is 0 Å². The highest BCUT2D eigenvalue weighted by atomic mass is 35.5. The summed E-state index contributed by atoms with van der Waals surface area (Å²) in [5, 5.41) is 4.50. The molecule has 0 spiro atoms. The standard InChI is InChI=1S/C16H23ClN2/c1-2-19(11-12-6-7-12)16-13(4-3-5-15(16)17)10-18-14-8-9-14/h3-5,12,14,18H,2,6-11H2,1H3. The highest BCUT2D eigenvalue weighted by Crippen LogP contribution is 2.35. The second kappa shape index (κ2) is 5.72. The largest absolute Gasteiger partial charge is 0.370 e. The minimum absolute atomic E-state index is 0.741. The van der Waals surface area contributed by atoms with Gasteiger partial charge in [0.1, 0.15) is 0 Å². The first-order valence-corrected chi connectivity index (χ1v) is 7.91. The van der Waals surface area contributed by atoms with E-state index in [1.165, 1.54) is 36.9 Å². The fourth-order valence-electron chi connectivity index (χ4n) is 2.59. The molecular formula is C16H23ClN2. The van der Waals surface area contributed by atoms with Gasteiger partial charge >= 0.3 is 0 Å². The van der Waals surface area contributed by atoms with Crippen molar-refractivity contribution in [3.63, 3.8) is 0 Å². The normalized spacial score (nSPS) is 18.6. The monoisotopic (exact) mass is 278 g/mol. The molecule has 0 aliphatic heterocycles. The van der Waals surface area contributed by atoms with Crippen LogP contribution in [0.4, 0.5) is 5.69 Å². The van der Waals surface area contributed by atoms with Crippen LogP contribution in [0.3, 0.4) is 0 Å². The summed E-state index contributed by atoms with van der Waals surface area (Å²) in [4.78, 5) is 2.46. The maximum atomic E-state index is 6.47. The van der Waals surface area contributed by atoms with Crippen LogP contribution in [0.15, 0.2) is 18.2 Å². The Morgan fingerprint density at radius 2 is 2.05 bits per heavy atom. The Hall–Kier alpha value is -0.730. The lowest BCUT2D eigenvalue weighted by Gasteiger charge is -2.27. The van der Waals surface area contributed by atoms with E-state index in [9.17, 15) is 0 Å². The van der Waals surface area contributed by atoms with E-state index in [-0.39, 0.29) is 0 Å². The van der Waals surface area contributed by atoms with Crippen LogP contribution in [0.25, 0.3) is 0 Å². The SMILES string of the molecule is CCN(CC1CC1)c1c(Cl)cccc1CNC1CC1. The lowest BCUT2D eigenvalue weighted by molar-refractivity contribution is 0.678. The summed E-state index contributed by atoms with van der Waals surface area (Å²) in [7, 11) is 0. The van der Waals surface area contributed by atoms with Gasteiger partial charge in [-0.3, -0.25) is 0 Å². The van der Waals surface area contributed by atoms with Gasteiger partial charge in [-0.1, -0.05) is 23.7 Å². The fourth-order valence-corrected chi connectivity index (χ4v) is 2.90. The van der Waals surface area contributed by atoms with E-state index in [4.69, 9.17) is 11.6 Å². The Morgan fingerprint density at radius 1 is 1.26 bits per heavy atom. The maximum Gasteiger partial charge on any atom is 0.0642 e. The molecule has 0 heterocycles. The molecule has 1 N–H and O–H groups in total. The molecule has 2 aliphatic carbocycles. The van der Waals surface area contributed by atoms with Gasteiger partial charge in [0, 0.05) is 25.7 Å². The van der Waals surface area contributed by atoms with Crippen molar-refractivity contribution in [3.8, 4) is 0 Å². The smallest absolute Gasteiger partial charge is 0.0642 e. The molecule has 0 atom stereocenters. The van der Waals surface area contributed by atoms with Crippen molar-refractivity contribution in [2.45, 2.75) is 45.2 Å². The van der Waals surface area contributed by atoms with E-state index >= 15 is 0 Å². The molecule has 3 rings (SSSR count). The third-order valence-electron chi connectivity index (χ3n) is 4.10. The Morgan fingerprint density at radius 3 is 2.68 bits per heavy atom. The molecular weight excluding hydrogens is 256 g/mol. The zero-order valence-electron chi connectivity index (χ0n) is 11.7. The van der Waals surface area contributed by atoms with Crippen LogP contribution in [0.2, 0.25) is 5.02 Å². The average molecular weight is 279 g/mol. The van der Waals surface area contributed by atoms with Gasteiger partial charge in [0.25, 0.3) is 0 Å². The first-order valence-electron chi connectivity index (χ1n) is 7.53. The number of hydrogen-bond acceptors (Lipinski definition) is 2. The van der Waals surface area contributed by atoms with E-state index in [1.54, 1.807) is 0 Å². The predicted octanol–water partition coefficient (Wildman–Crippen LogP) is 3.83. The highest BCUT2D eigenvalue weighted by molar-refractivity contribution is 6.33. The van der Waals surface area contributed by atoms with Crippen LogP contribution in [0.1, 0.15) is 38.2 Å². The molecule has 0 saturated heterocycles. The number of benzene rings is 1. The quantitative estimate of drug-likeness (QED) is 0.815. The zero-order valence-corrected chi connectivity index (χ0v) is 12.4. The van der Waals surface area contributed by atoms with Gasteiger partial charge in [-0.15, -0.1) is 0 Å². The van der Waals surface area contributed by atoms with Gasteiger partial charge in [-0.25, -0.2) is 0 Å². The molecule has 2 aliphatic rings. The van der Waals surface area contributed by atoms with Gasteiger partial charge in [0.15, 0.2) is 0 Å². The molecule has 0 bridgehead atoms. The molecule has 0 unspecified atom stereocenters. The van der Waals surface area contributed by atoms with Crippen LogP contribution in [-0.4, -0.2) is 19.1 Å². The number of nitrogens with one attached hydrogen (secondary N) is 1. The molecule has 1 aromatic carbocycles. The average Bonchev–Trinajstić information content (AvgIpc) is 3.28. The lowest BCUT2D eigenvalue weighted by Crippen LogP contribution is -2.28. The number of anilines is 1. The van der Waals surface area contributed by atoms with E-state index in [2.05, 4.69) is 29.3 Å².